The zero-order chi connectivity index (χ0) is 13.0. The van der Waals surface area contributed by atoms with Crippen molar-refractivity contribution in [3.63, 3.8) is 0 Å². The van der Waals surface area contributed by atoms with Gasteiger partial charge in [-0.25, -0.2) is 0 Å². The Kier molecular flexibility index (Phi) is 4.24. The van der Waals surface area contributed by atoms with Gasteiger partial charge < -0.3 is 14.8 Å². The molecule has 1 aromatic carbocycles. The van der Waals surface area contributed by atoms with Crippen molar-refractivity contribution < 1.29 is 14.3 Å². The number of nitrogens with one attached hydrogen (secondary N) is 1. The Hall–Kier alpha value is -1.50. The van der Waals surface area contributed by atoms with E-state index in [9.17, 15) is 9.90 Å². The number of carbonyl (C=O) groups is 1. The minimum absolute atomic E-state index is 0.120. The molecule has 0 aliphatic heterocycles. The molecule has 0 fully saturated rings. The summed E-state index contributed by atoms with van der Waals surface area (Å²) in [5.74, 6) is 0.753. The van der Waals surface area contributed by atoms with Gasteiger partial charge in [0.25, 0.3) is 5.91 Å². The van der Waals surface area contributed by atoms with E-state index in [1.165, 1.54) is 6.07 Å². The molecule has 18 heavy (non-hydrogen) atoms. The van der Waals surface area contributed by atoms with Gasteiger partial charge in [-0.15, -0.1) is 0 Å². The fraction of sp³-hybridized carbons (Fsp3) is 0.154. The first-order valence-corrected chi connectivity index (χ1v) is 6.54. The van der Waals surface area contributed by atoms with Crippen LogP contribution in [0.25, 0.3) is 0 Å². The molecule has 0 atom stereocenters. The maximum Gasteiger partial charge on any atom is 0.251 e. The molecule has 0 saturated heterocycles. The second kappa shape index (κ2) is 5.90. The molecular formula is C13H12INO3. The van der Waals surface area contributed by atoms with Crippen LogP contribution >= 0.6 is 22.6 Å². The van der Waals surface area contributed by atoms with Crippen LogP contribution in [-0.2, 0) is 6.42 Å². The number of rotatable bonds is 4. The van der Waals surface area contributed by atoms with Crippen LogP contribution in [0.15, 0.2) is 41.0 Å². The van der Waals surface area contributed by atoms with Crippen LogP contribution in [0.4, 0.5) is 0 Å². The predicted molar refractivity (Wildman–Crippen MR) is 75.6 cm³/mol. The van der Waals surface area contributed by atoms with E-state index in [1.54, 1.807) is 18.4 Å². The molecule has 0 aliphatic rings. The normalized spacial score (nSPS) is 10.3. The topological polar surface area (TPSA) is 62.5 Å². The first-order valence-electron chi connectivity index (χ1n) is 5.46. The van der Waals surface area contributed by atoms with E-state index in [0.717, 1.165) is 9.33 Å². The average Bonchev–Trinajstić information content (AvgIpc) is 2.85. The third-order valence-electron chi connectivity index (χ3n) is 2.45. The van der Waals surface area contributed by atoms with Crippen molar-refractivity contribution in [3.05, 3.63) is 51.5 Å². The summed E-state index contributed by atoms with van der Waals surface area (Å²) in [6.45, 7) is 0.499. The van der Waals surface area contributed by atoms with E-state index in [1.807, 2.05) is 34.7 Å². The van der Waals surface area contributed by atoms with Crippen LogP contribution < -0.4 is 5.32 Å². The van der Waals surface area contributed by atoms with Gasteiger partial charge in [-0.1, -0.05) is 0 Å². The largest absolute Gasteiger partial charge is 0.507 e. The van der Waals surface area contributed by atoms with Gasteiger partial charge in [0.1, 0.15) is 11.5 Å². The summed E-state index contributed by atoms with van der Waals surface area (Å²) in [5.41, 5.74) is 0.451. The van der Waals surface area contributed by atoms with E-state index in [-0.39, 0.29) is 11.7 Å². The standard InChI is InChI=1S/C13H12INO3/c14-11-4-3-9(8-12(11)16)13(17)15-6-5-10-2-1-7-18-10/h1-4,7-8,16H,5-6H2,(H,15,17). The molecule has 4 nitrogen and oxygen atoms in total. The molecule has 1 heterocycles. The van der Waals surface area contributed by atoms with Crippen LogP contribution in [-0.4, -0.2) is 17.6 Å². The van der Waals surface area contributed by atoms with E-state index >= 15 is 0 Å². The number of phenols is 1. The molecule has 0 unspecified atom stereocenters. The lowest BCUT2D eigenvalue weighted by Crippen LogP contribution is -2.25. The summed E-state index contributed by atoms with van der Waals surface area (Å²) in [5, 5.41) is 12.3. The third-order valence-corrected chi connectivity index (χ3v) is 3.36. The molecule has 0 aliphatic carbocycles. The summed E-state index contributed by atoms with van der Waals surface area (Å²) < 4.78 is 5.89. The van der Waals surface area contributed by atoms with Gasteiger partial charge in [0.2, 0.25) is 0 Å². The van der Waals surface area contributed by atoms with Crippen molar-refractivity contribution in [1.29, 1.82) is 0 Å². The lowest BCUT2D eigenvalue weighted by molar-refractivity contribution is 0.0953. The highest BCUT2D eigenvalue weighted by Crippen LogP contribution is 2.20. The number of phenolic OH excluding ortho intramolecular Hbond substituents is 1. The van der Waals surface area contributed by atoms with Crippen molar-refractivity contribution in [1.82, 2.24) is 5.32 Å². The Bertz CT molecular complexity index is 537. The summed E-state index contributed by atoms with van der Waals surface area (Å²) in [6.07, 6.45) is 2.25. The number of carbonyl (C=O) groups excluding carboxylic acids is 1. The number of amides is 1. The Balaban J connectivity index is 1.89. The molecule has 2 aromatic rings. The van der Waals surface area contributed by atoms with E-state index in [0.29, 0.717) is 18.5 Å². The number of hydrogen-bond acceptors (Lipinski definition) is 3. The Labute approximate surface area is 118 Å². The summed E-state index contributed by atoms with van der Waals surface area (Å²) in [7, 11) is 0. The molecule has 0 radical (unpaired) electrons. The van der Waals surface area contributed by atoms with Crippen LogP contribution in [0.5, 0.6) is 5.75 Å². The van der Waals surface area contributed by atoms with E-state index < -0.39 is 0 Å². The van der Waals surface area contributed by atoms with Gasteiger partial charge in [0.15, 0.2) is 0 Å². The zero-order valence-corrected chi connectivity index (χ0v) is 11.7. The number of benzene rings is 1. The Morgan fingerprint density at radius 3 is 2.89 bits per heavy atom. The number of furan rings is 1. The quantitative estimate of drug-likeness (QED) is 0.827. The van der Waals surface area contributed by atoms with Gasteiger partial charge in [0.05, 0.1) is 9.83 Å². The number of halogens is 1. The smallest absolute Gasteiger partial charge is 0.251 e. The lowest BCUT2D eigenvalue weighted by Gasteiger charge is -2.05. The maximum atomic E-state index is 11.8. The summed E-state index contributed by atoms with van der Waals surface area (Å²) in [6, 6.07) is 8.53. The lowest BCUT2D eigenvalue weighted by atomic mass is 10.2. The van der Waals surface area contributed by atoms with Crippen molar-refractivity contribution in [2.24, 2.45) is 0 Å². The van der Waals surface area contributed by atoms with Crippen molar-refractivity contribution in [2.45, 2.75) is 6.42 Å². The highest BCUT2D eigenvalue weighted by Gasteiger charge is 2.07. The molecule has 1 amide bonds. The first-order chi connectivity index (χ1) is 8.66. The maximum absolute atomic E-state index is 11.8. The molecule has 0 bridgehead atoms. The molecule has 2 rings (SSSR count). The van der Waals surface area contributed by atoms with Gasteiger partial charge in [0, 0.05) is 18.5 Å². The molecule has 5 heteroatoms. The molecule has 0 saturated carbocycles. The monoisotopic (exact) mass is 357 g/mol. The molecule has 0 spiro atoms. The van der Waals surface area contributed by atoms with E-state index in [2.05, 4.69) is 5.32 Å². The second-order valence-electron chi connectivity index (χ2n) is 3.75. The highest BCUT2D eigenvalue weighted by molar-refractivity contribution is 14.1. The SMILES string of the molecule is O=C(NCCc1ccco1)c1ccc(I)c(O)c1. The number of aromatic hydroxyl groups is 1. The van der Waals surface area contributed by atoms with Crippen molar-refractivity contribution in [2.75, 3.05) is 6.54 Å². The van der Waals surface area contributed by atoms with Gasteiger partial charge in [-0.3, -0.25) is 4.79 Å². The predicted octanol–water partition coefficient (Wildman–Crippen LogP) is 2.56. The van der Waals surface area contributed by atoms with Crippen LogP contribution in [0.3, 0.4) is 0 Å². The molecule has 94 valence electrons. The summed E-state index contributed by atoms with van der Waals surface area (Å²) >= 11 is 2.01. The fourth-order valence-corrected chi connectivity index (χ4v) is 1.85. The van der Waals surface area contributed by atoms with E-state index in [4.69, 9.17) is 4.42 Å². The van der Waals surface area contributed by atoms with Gasteiger partial charge >= 0.3 is 0 Å². The average molecular weight is 357 g/mol. The van der Waals surface area contributed by atoms with Crippen LogP contribution in [0.2, 0.25) is 0 Å². The van der Waals surface area contributed by atoms with Crippen molar-refractivity contribution >= 4 is 28.5 Å². The van der Waals surface area contributed by atoms with Crippen LogP contribution in [0.1, 0.15) is 16.1 Å². The minimum Gasteiger partial charge on any atom is -0.507 e. The van der Waals surface area contributed by atoms with Gasteiger partial charge in [-0.2, -0.15) is 0 Å². The Morgan fingerprint density at radius 1 is 1.39 bits per heavy atom. The third kappa shape index (κ3) is 3.25. The van der Waals surface area contributed by atoms with Crippen molar-refractivity contribution in [3.8, 4) is 5.75 Å². The highest BCUT2D eigenvalue weighted by atomic mass is 127. The zero-order valence-electron chi connectivity index (χ0n) is 9.52. The van der Waals surface area contributed by atoms with Crippen LogP contribution in [0, 0.1) is 3.57 Å². The number of hydrogen-bond donors (Lipinski definition) is 2. The minimum atomic E-state index is -0.201. The second-order valence-corrected chi connectivity index (χ2v) is 4.91. The summed E-state index contributed by atoms with van der Waals surface area (Å²) in [4.78, 5) is 11.8. The molecule has 1 aromatic heterocycles. The Morgan fingerprint density at radius 2 is 2.22 bits per heavy atom. The first kappa shape index (κ1) is 12.9. The fourth-order valence-electron chi connectivity index (χ4n) is 1.51. The molecular weight excluding hydrogens is 345 g/mol. The molecule has 2 N–H and O–H groups in total. The van der Waals surface area contributed by atoms with Gasteiger partial charge in [-0.05, 0) is 52.9 Å².